The summed E-state index contributed by atoms with van der Waals surface area (Å²) in [6, 6.07) is 0. The van der Waals surface area contributed by atoms with Gasteiger partial charge in [0, 0.05) is 18.9 Å². The van der Waals surface area contributed by atoms with Crippen LogP contribution in [0.5, 0.6) is 0 Å². The number of allylic oxidation sites excluding steroid dienone is 2. The van der Waals surface area contributed by atoms with Crippen LogP contribution in [0, 0.1) is 0 Å². The average molecular weight is 210 g/mol. The van der Waals surface area contributed by atoms with Gasteiger partial charge in [0.1, 0.15) is 5.78 Å². The summed E-state index contributed by atoms with van der Waals surface area (Å²) in [5, 5.41) is 0. The molecule has 0 aromatic rings. The first kappa shape index (κ1) is 13.6. The van der Waals surface area contributed by atoms with Crippen molar-refractivity contribution in [3.8, 4) is 0 Å². The molecule has 84 valence electrons. The van der Waals surface area contributed by atoms with Gasteiger partial charge in [0.15, 0.2) is 0 Å². The van der Waals surface area contributed by atoms with E-state index in [0.717, 1.165) is 19.3 Å². The fraction of sp³-hybridized carbons (Fsp3) is 0.500. The number of unbranched alkanes of at least 4 members (excludes halogenated alkanes) is 1. The Morgan fingerprint density at radius 3 is 2.60 bits per heavy atom. The van der Waals surface area contributed by atoms with Crippen LogP contribution >= 0.6 is 0 Å². The van der Waals surface area contributed by atoms with E-state index in [1.165, 1.54) is 13.2 Å². The van der Waals surface area contributed by atoms with Crippen molar-refractivity contribution in [3.63, 3.8) is 0 Å². The SMILES string of the molecule is C=CCCC(=O)CCC/C=C/C(=O)OC. The third kappa shape index (κ3) is 8.94. The molecular weight excluding hydrogens is 192 g/mol. The molecule has 0 amide bonds. The Morgan fingerprint density at radius 2 is 2.00 bits per heavy atom. The van der Waals surface area contributed by atoms with Crippen molar-refractivity contribution in [2.24, 2.45) is 0 Å². The fourth-order valence-electron chi connectivity index (χ4n) is 1.05. The zero-order valence-corrected chi connectivity index (χ0v) is 9.20. The number of methoxy groups -OCH3 is 1. The third-order valence-electron chi connectivity index (χ3n) is 1.91. The number of carbonyl (C=O) groups is 2. The van der Waals surface area contributed by atoms with Gasteiger partial charge in [-0.1, -0.05) is 12.2 Å². The summed E-state index contributed by atoms with van der Waals surface area (Å²) in [5.74, 6) is -0.102. The molecule has 0 aliphatic carbocycles. The van der Waals surface area contributed by atoms with E-state index >= 15 is 0 Å². The molecule has 0 spiro atoms. The standard InChI is InChI=1S/C12H18O3/c1-3-4-8-11(13)9-6-5-7-10-12(14)15-2/h3,7,10H,1,4-6,8-9H2,2H3/b10-7+. The van der Waals surface area contributed by atoms with Crippen molar-refractivity contribution in [2.75, 3.05) is 7.11 Å². The van der Waals surface area contributed by atoms with E-state index in [9.17, 15) is 9.59 Å². The minimum atomic E-state index is -0.354. The lowest BCUT2D eigenvalue weighted by Gasteiger charge is -1.96. The molecule has 0 saturated heterocycles. The van der Waals surface area contributed by atoms with Gasteiger partial charge >= 0.3 is 5.97 Å². The first-order valence-corrected chi connectivity index (χ1v) is 5.07. The highest BCUT2D eigenvalue weighted by Gasteiger charge is 1.99. The molecule has 3 heteroatoms. The molecule has 0 saturated carbocycles. The summed E-state index contributed by atoms with van der Waals surface area (Å²) in [6.07, 6.45) is 8.26. The summed E-state index contributed by atoms with van der Waals surface area (Å²) in [4.78, 5) is 21.9. The number of rotatable bonds is 8. The van der Waals surface area contributed by atoms with Crippen LogP contribution in [0.25, 0.3) is 0 Å². The van der Waals surface area contributed by atoms with Crippen LogP contribution in [0.1, 0.15) is 32.1 Å². The second kappa shape index (κ2) is 9.19. The maximum absolute atomic E-state index is 11.2. The van der Waals surface area contributed by atoms with Crippen LogP contribution in [0.2, 0.25) is 0 Å². The molecule has 0 aliphatic heterocycles. The molecule has 15 heavy (non-hydrogen) atoms. The van der Waals surface area contributed by atoms with E-state index < -0.39 is 0 Å². The van der Waals surface area contributed by atoms with Gasteiger partial charge in [-0.15, -0.1) is 6.58 Å². The molecule has 0 aromatic carbocycles. The second-order valence-corrected chi connectivity index (χ2v) is 3.18. The topological polar surface area (TPSA) is 43.4 Å². The van der Waals surface area contributed by atoms with E-state index in [4.69, 9.17) is 0 Å². The average Bonchev–Trinajstić information content (AvgIpc) is 2.25. The first-order chi connectivity index (χ1) is 7.20. The molecule has 0 atom stereocenters. The Balaban J connectivity index is 3.45. The fourth-order valence-corrected chi connectivity index (χ4v) is 1.05. The molecule has 0 aromatic heterocycles. The monoisotopic (exact) mass is 210 g/mol. The quantitative estimate of drug-likeness (QED) is 0.267. The zero-order valence-electron chi connectivity index (χ0n) is 9.20. The van der Waals surface area contributed by atoms with E-state index in [0.29, 0.717) is 12.8 Å². The summed E-state index contributed by atoms with van der Waals surface area (Å²) >= 11 is 0. The highest BCUT2D eigenvalue weighted by molar-refractivity contribution is 5.81. The highest BCUT2D eigenvalue weighted by atomic mass is 16.5. The highest BCUT2D eigenvalue weighted by Crippen LogP contribution is 2.02. The Labute approximate surface area is 90.8 Å². The number of hydrogen-bond acceptors (Lipinski definition) is 3. The number of Topliss-reactive ketones (excluding diaryl/α,β-unsaturated/α-hetero) is 1. The second-order valence-electron chi connectivity index (χ2n) is 3.18. The maximum Gasteiger partial charge on any atom is 0.330 e. The summed E-state index contributed by atoms with van der Waals surface area (Å²) in [7, 11) is 1.34. The van der Waals surface area contributed by atoms with Crippen LogP contribution in [0.15, 0.2) is 24.8 Å². The van der Waals surface area contributed by atoms with Crippen molar-refractivity contribution < 1.29 is 14.3 Å². The van der Waals surface area contributed by atoms with Gasteiger partial charge in [-0.3, -0.25) is 4.79 Å². The molecule has 0 aliphatic rings. The van der Waals surface area contributed by atoms with Gasteiger partial charge < -0.3 is 4.74 Å². The largest absolute Gasteiger partial charge is 0.466 e. The molecule has 0 radical (unpaired) electrons. The molecule has 0 rings (SSSR count). The molecule has 0 fully saturated rings. The van der Waals surface area contributed by atoms with Crippen LogP contribution in [-0.2, 0) is 14.3 Å². The van der Waals surface area contributed by atoms with Crippen LogP contribution in [-0.4, -0.2) is 18.9 Å². The number of ether oxygens (including phenoxy) is 1. The number of ketones is 1. The lowest BCUT2D eigenvalue weighted by Crippen LogP contribution is -1.96. The van der Waals surface area contributed by atoms with Crippen molar-refractivity contribution in [3.05, 3.63) is 24.8 Å². The summed E-state index contributed by atoms with van der Waals surface area (Å²) < 4.78 is 4.43. The lowest BCUT2D eigenvalue weighted by atomic mass is 10.1. The number of esters is 1. The van der Waals surface area contributed by atoms with Crippen LogP contribution in [0.4, 0.5) is 0 Å². The van der Waals surface area contributed by atoms with Crippen molar-refractivity contribution >= 4 is 11.8 Å². The molecule has 0 heterocycles. The molecule has 0 N–H and O–H groups in total. The van der Waals surface area contributed by atoms with Gasteiger partial charge in [-0.25, -0.2) is 4.79 Å². The minimum Gasteiger partial charge on any atom is -0.466 e. The molecule has 3 nitrogen and oxygen atoms in total. The Bertz CT molecular complexity index is 241. The molecule has 0 unspecified atom stereocenters. The van der Waals surface area contributed by atoms with Gasteiger partial charge in [0.25, 0.3) is 0 Å². The zero-order chi connectivity index (χ0) is 11.5. The summed E-state index contributed by atoms with van der Waals surface area (Å²) in [6.45, 7) is 3.56. The van der Waals surface area contributed by atoms with E-state index in [-0.39, 0.29) is 11.8 Å². The van der Waals surface area contributed by atoms with E-state index in [1.807, 2.05) is 0 Å². The normalized spacial score (nSPS) is 10.2. The molecular formula is C12H18O3. The van der Waals surface area contributed by atoms with Gasteiger partial charge in [-0.05, 0) is 19.3 Å². The van der Waals surface area contributed by atoms with Crippen LogP contribution in [0.3, 0.4) is 0 Å². The van der Waals surface area contributed by atoms with Crippen molar-refractivity contribution in [1.29, 1.82) is 0 Å². The predicted octanol–water partition coefficient (Wildman–Crippen LogP) is 2.42. The Hall–Kier alpha value is -1.38. The maximum atomic E-state index is 11.2. The third-order valence-corrected chi connectivity index (χ3v) is 1.91. The first-order valence-electron chi connectivity index (χ1n) is 5.07. The van der Waals surface area contributed by atoms with Gasteiger partial charge in [-0.2, -0.15) is 0 Å². The van der Waals surface area contributed by atoms with E-state index in [2.05, 4.69) is 11.3 Å². The van der Waals surface area contributed by atoms with Gasteiger partial charge in [0.05, 0.1) is 7.11 Å². The summed E-state index contributed by atoms with van der Waals surface area (Å²) in [5.41, 5.74) is 0. The Morgan fingerprint density at radius 1 is 1.27 bits per heavy atom. The predicted molar refractivity (Wildman–Crippen MR) is 59.4 cm³/mol. The van der Waals surface area contributed by atoms with Crippen molar-refractivity contribution in [1.82, 2.24) is 0 Å². The lowest BCUT2D eigenvalue weighted by molar-refractivity contribution is -0.134. The van der Waals surface area contributed by atoms with E-state index in [1.54, 1.807) is 12.2 Å². The Kier molecular flexibility index (Phi) is 8.34. The van der Waals surface area contributed by atoms with Gasteiger partial charge in [0.2, 0.25) is 0 Å². The van der Waals surface area contributed by atoms with Crippen molar-refractivity contribution in [2.45, 2.75) is 32.1 Å². The number of carbonyl (C=O) groups excluding carboxylic acids is 2. The minimum absolute atomic E-state index is 0.251. The number of hydrogen-bond donors (Lipinski definition) is 0. The van der Waals surface area contributed by atoms with Crippen LogP contribution < -0.4 is 0 Å². The molecule has 0 bridgehead atoms. The smallest absolute Gasteiger partial charge is 0.330 e.